The van der Waals surface area contributed by atoms with E-state index in [0.29, 0.717) is 5.56 Å². The number of rotatable bonds is 4. The van der Waals surface area contributed by atoms with Gasteiger partial charge in [-0.05, 0) is 61.6 Å². The molecule has 3 aromatic rings. The molecule has 0 atom stereocenters. The Morgan fingerprint density at radius 3 is 2.72 bits per heavy atom. The van der Waals surface area contributed by atoms with Crippen molar-refractivity contribution in [1.29, 1.82) is 0 Å². The molecule has 6 heteroatoms. The van der Waals surface area contributed by atoms with Crippen LogP contribution in [0, 0.1) is 13.8 Å². The second-order valence-electron chi connectivity index (χ2n) is 5.86. The van der Waals surface area contributed by atoms with Crippen LogP contribution in [0.5, 0.6) is 0 Å². The average molecular weight is 435 g/mol. The lowest BCUT2D eigenvalue weighted by Gasteiger charge is -2.06. The summed E-state index contributed by atoms with van der Waals surface area (Å²) in [7, 11) is 0. The number of amides is 1. The molecule has 25 heavy (non-hydrogen) atoms. The third-order valence-electron chi connectivity index (χ3n) is 4.09. The molecule has 0 saturated heterocycles. The number of halogens is 1. The molecule has 0 saturated carbocycles. The van der Waals surface area contributed by atoms with E-state index in [9.17, 15) is 4.79 Å². The Morgan fingerprint density at radius 1 is 1.24 bits per heavy atom. The van der Waals surface area contributed by atoms with Crippen molar-refractivity contribution < 1.29 is 4.79 Å². The number of benzene rings is 2. The third kappa shape index (κ3) is 4.07. The summed E-state index contributed by atoms with van der Waals surface area (Å²) in [4.78, 5) is 17.8. The molecule has 1 amide bonds. The molecule has 0 bridgehead atoms. The maximum atomic E-state index is 12.6. The number of carbonyl (C=O) groups is 1. The minimum atomic E-state index is -0.209. The van der Waals surface area contributed by atoms with Crippen LogP contribution >= 0.6 is 39.0 Å². The van der Waals surface area contributed by atoms with E-state index in [-0.39, 0.29) is 5.91 Å². The average Bonchev–Trinajstić information content (AvgIpc) is 2.89. The number of aryl methyl sites for hydroxylation is 3. The fraction of sp³-hybridized carbons (Fsp3) is 0.263. The third-order valence-corrected chi connectivity index (χ3v) is 6.21. The molecule has 0 unspecified atom stereocenters. The van der Waals surface area contributed by atoms with Gasteiger partial charge in [-0.15, -0.1) is 0 Å². The van der Waals surface area contributed by atoms with Gasteiger partial charge in [0.05, 0.1) is 10.2 Å². The number of fused-ring (bicyclic) bond motifs is 1. The number of aromatic nitrogens is 1. The van der Waals surface area contributed by atoms with Crippen molar-refractivity contribution in [3.63, 3.8) is 0 Å². The van der Waals surface area contributed by atoms with Gasteiger partial charge in [-0.25, -0.2) is 0 Å². The van der Waals surface area contributed by atoms with Crippen molar-refractivity contribution >= 4 is 55.2 Å². The lowest BCUT2D eigenvalue weighted by molar-refractivity contribution is 0.0998. The molecule has 0 aliphatic rings. The highest BCUT2D eigenvalue weighted by molar-refractivity contribution is 9.10. The van der Waals surface area contributed by atoms with Crippen LogP contribution in [0.3, 0.4) is 0 Å². The zero-order chi connectivity index (χ0) is 18.0. The number of thioether (sulfide) groups is 1. The van der Waals surface area contributed by atoms with E-state index in [0.717, 1.165) is 27.1 Å². The van der Waals surface area contributed by atoms with E-state index >= 15 is 0 Å². The zero-order valence-corrected chi connectivity index (χ0v) is 17.6. The lowest BCUT2D eigenvalue weighted by atomic mass is 10.1. The van der Waals surface area contributed by atoms with E-state index < -0.39 is 0 Å². The van der Waals surface area contributed by atoms with E-state index in [1.807, 2.05) is 12.1 Å². The number of thiazole rings is 1. The van der Waals surface area contributed by atoms with Crippen LogP contribution in [-0.4, -0.2) is 22.5 Å². The summed E-state index contributed by atoms with van der Waals surface area (Å²) < 4.78 is 4.22. The second kappa shape index (κ2) is 7.89. The topological polar surface area (TPSA) is 34.4 Å². The first-order chi connectivity index (χ1) is 12.0. The van der Waals surface area contributed by atoms with Crippen LogP contribution in [0.2, 0.25) is 0 Å². The number of hydrogen-bond donors (Lipinski definition) is 0. The monoisotopic (exact) mass is 434 g/mol. The van der Waals surface area contributed by atoms with Crippen LogP contribution in [0.25, 0.3) is 10.2 Å². The van der Waals surface area contributed by atoms with Gasteiger partial charge in [0.25, 0.3) is 5.91 Å². The predicted molar refractivity (Wildman–Crippen MR) is 112 cm³/mol. The van der Waals surface area contributed by atoms with Crippen molar-refractivity contribution in [3.8, 4) is 0 Å². The van der Waals surface area contributed by atoms with Gasteiger partial charge in [0, 0.05) is 22.3 Å². The Kier molecular flexibility index (Phi) is 5.81. The van der Waals surface area contributed by atoms with Gasteiger partial charge < -0.3 is 4.57 Å². The maximum absolute atomic E-state index is 12.6. The Bertz CT molecular complexity index is 1000. The highest BCUT2D eigenvalue weighted by Crippen LogP contribution is 2.22. The Balaban J connectivity index is 2.15. The molecule has 0 fully saturated rings. The molecule has 1 aromatic heterocycles. The Morgan fingerprint density at radius 2 is 2.00 bits per heavy atom. The summed E-state index contributed by atoms with van der Waals surface area (Å²) in [5, 5.41) is 0. The first kappa shape index (κ1) is 18.4. The summed E-state index contributed by atoms with van der Waals surface area (Å²) in [6.45, 7) is 5.08. The van der Waals surface area contributed by atoms with Crippen molar-refractivity contribution in [3.05, 3.63) is 62.4 Å². The molecule has 2 aromatic carbocycles. The highest BCUT2D eigenvalue weighted by atomic mass is 79.9. The zero-order valence-electron chi connectivity index (χ0n) is 14.4. The van der Waals surface area contributed by atoms with Crippen LogP contribution < -0.4 is 4.80 Å². The molecule has 130 valence electrons. The molecule has 3 nitrogen and oxygen atoms in total. The van der Waals surface area contributed by atoms with Crippen molar-refractivity contribution in [1.82, 2.24) is 4.57 Å². The van der Waals surface area contributed by atoms with E-state index in [4.69, 9.17) is 0 Å². The molecule has 0 radical (unpaired) electrons. The second-order valence-corrected chi connectivity index (χ2v) is 8.77. The number of carbonyl (C=O) groups excluding carboxylic acids is 1. The smallest absolute Gasteiger partial charge is 0.279 e. The molecular weight excluding hydrogens is 416 g/mol. The van der Waals surface area contributed by atoms with Crippen LogP contribution in [0.1, 0.15) is 21.5 Å². The molecule has 0 N–H and O–H groups in total. The van der Waals surface area contributed by atoms with Gasteiger partial charge in [0.2, 0.25) is 0 Å². The minimum absolute atomic E-state index is 0.209. The van der Waals surface area contributed by atoms with Crippen LogP contribution in [0.4, 0.5) is 0 Å². The summed E-state index contributed by atoms with van der Waals surface area (Å²) in [6.07, 6.45) is 2.09. The van der Waals surface area contributed by atoms with Crippen LogP contribution in [0.15, 0.2) is 45.9 Å². The quantitative estimate of drug-likeness (QED) is 0.566. The molecular formula is C19H19BrN2OS2. The van der Waals surface area contributed by atoms with Gasteiger partial charge in [-0.2, -0.15) is 16.8 Å². The van der Waals surface area contributed by atoms with E-state index in [1.165, 1.54) is 15.8 Å². The van der Waals surface area contributed by atoms with Crippen LogP contribution in [-0.2, 0) is 6.54 Å². The Labute approximate surface area is 163 Å². The predicted octanol–water partition coefficient (Wildman–Crippen LogP) is 5.19. The number of nitrogens with zero attached hydrogens (tertiary/aromatic N) is 2. The number of hydrogen-bond acceptors (Lipinski definition) is 3. The van der Waals surface area contributed by atoms with Gasteiger partial charge in [-0.1, -0.05) is 33.3 Å². The Hall–Kier alpha value is -1.37. The van der Waals surface area contributed by atoms with Gasteiger partial charge in [-0.3, -0.25) is 4.79 Å². The maximum Gasteiger partial charge on any atom is 0.279 e. The molecule has 3 rings (SSSR count). The molecule has 0 aliphatic carbocycles. The molecule has 1 heterocycles. The first-order valence-electron chi connectivity index (χ1n) is 7.94. The fourth-order valence-electron chi connectivity index (χ4n) is 2.58. The summed E-state index contributed by atoms with van der Waals surface area (Å²) in [5.41, 5.74) is 4.27. The summed E-state index contributed by atoms with van der Waals surface area (Å²) in [5.74, 6) is 0.774. The standard InChI is InChI=1S/C19H19BrN2OS2/c1-12-9-16-17(10-13(12)2)25-19(22(16)7-8-24-3)21-18(23)14-5-4-6-15(20)11-14/h4-6,9-11H,7-8H2,1-3H3. The lowest BCUT2D eigenvalue weighted by Crippen LogP contribution is -2.18. The summed E-state index contributed by atoms with van der Waals surface area (Å²) in [6, 6.07) is 11.7. The van der Waals surface area contributed by atoms with E-state index in [1.54, 1.807) is 35.2 Å². The first-order valence-corrected chi connectivity index (χ1v) is 10.9. The fourth-order valence-corrected chi connectivity index (χ4v) is 4.48. The minimum Gasteiger partial charge on any atom is -0.315 e. The van der Waals surface area contributed by atoms with Gasteiger partial charge in [0.1, 0.15) is 0 Å². The molecule has 0 aliphatic heterocycles. The largest absolute Gasteiger partial charge is 0.315 e. The van der Waals surface area contributed by atoms with Crippen molar-refractivity contribution in [2.24, 2.45) is 4.99 Å². The molecule has 0 spiro atoms. The van der Waals surface area contributed by atoms with E-state index in [2.05, 4.69) is 57.7 Å². The normalized spacial score (nSPS) is 12.1. The van der Waals surface area contributed by atoms with Gasteiger partial charge >= 0.3 is 0 Å². The van der Waals surface area contributed by atoms with Gasteiger partial charge in [0.15, 0.2) is 4.80 Å². The van der Waals surface area contributed by atoms with Crippen molar-refractivity contribution in [2.45, 2.75) is 20.4 Å². The van der Waals surface area contributed by atoms with Crippen molar-refractivity contribution in [2.75, 3.05) is 12.0 Å². The SMILES string of the molecule is CSCCn1c(=NC(=O)c2cccc(Br)c2)sc2cc(C)c(C)cc21. The highest BCUT2D eigenvalue weighted by Gasteiger charge is 2.11. The summed E-state index contributed by atoms with van der Waals surface area (Å²) >= 11 is 6.78.